The lowest BCUT2D eigenvalue weighted by atomic mass is 9.86. The van der Waals surface area contributed by atoms with Crippen molar-refractivity contribution in [3.63, 3.8) is 0 Å². The number of halogens is 2. The topological polar surface area (TPSA) is 6.48 Å². The van der Waals surface area contributed by atoms with Gasteiger partial charge in [0.1, 0.15) is 0 Å². The van der Waals surface area contributed by atoms with Crippen molar-refractivity contribution in [2.75, 3.05) is 33.2 Å². The van der Waals surface area contributed by atoms with E-state index in [1.165, 1.54) is 11.1 Å². The van der Waals surface area contributed by atoms with E-state index in [0.29, 0.717) is 30.7 Å². The smallest absolute Gasteiger partial charge is 0.248 e. The maximum atomic E-state index is 13.4. The number of hydrogen-bond donors (Lipinski definition) is 0. The van der Waals surface area contributed by atoms with Crippen molar-refractivity contribution in [3.8, 4) is 0 Å². The SMILES string of the molecule is Cc1ccccc1[C@H]1[C@@H]2CN(CC3CCC(F)(F)CC3)C[C@@H]2CN1C. The van der Waals surface area contributed by atoms with Crippen LogP contribution in [0, 0.1) is 24.7 Å². The van der Waals surface area contributed by atoms with Crippen molar-refractivity contribution in [2.24, 2.45) is 17.8 Å². The summed E-state index contributed by atoms with van der Waals surface area (Å²) in [6.07, 6.45) is 1.57. The molecule has 1 aliphatic carbocycles. The average Bonchev–Trinajstić information content (AvgIpc) is 3.06. The molecule has 2 saturated heterocycles. The second-order valence-corrected chi connectivity index (χ2v) is 8.68. The molecule has 4 heteroatoms. The molecule has 0 radical (unpaired) electrons. The fraction of sp³-hybridized carbons (Fsp3) is 0.714. The molecular weight excluding hydrogens is 318 g/mol. The highest BCUT2D eigenvalue weighted by Crippen LogP contribution is 2.45. The van der Waals surface area contributed by atoms with Gasteiger partial charge in [-0.25, -0.2) is 8.78 Å². The van der Waals surface area contributed by atoms with Gasteiger partial charge in [0, 0.05) is 45.1 Å². The minimum atomic E-state index is -2.41. The van der Waals surface area contributed by atoms with E-state index in [1.807, 2.05) is 0 Å². The highest BCUT2D eigenvalue weighted by atomic mass is 19.3. The van der Waals surface area contributed by atoms with E-state index < -0.39 is 5.92 Å². The van der Waals surface area contributed by atoms with Gasteiger partial charge in [-0.15, -0.1) is 0 Å². The van der Waals surface area contributed by atoms with Crippen LogP contribution in [-0.2, 0) is 0 Å². The lowest BCUT2D eigenvalue weighted by Crippen LogP contribution is -2.35. The quantitative estimate of drug-likeness (QED) is 0.801. The molecule has 3 atom stereocenters. The van der Waals surface area contributed by atoms with Crippen molar-refractivity contribution < 1.29 is 8.78 Å². The maximum absolute atomic E-state index is 13.4. The number of benzene rings is 1. The molecule has 3 aliphatic rings. The van der Waals surface area contributed by atoms with E-state index in [0.717, 1.165) is 32.1 Å². The second-order valence-electron chi connectivity index (χ2n) is 8.68. The first kappa shape index (κ1) is 17.4. The molecule has 2 heterocycles. The molecule has 3 fully saturated rings. The van der Waals surface area contributed by atoms with Crippen LogP contribution in [0.4, 0.5) is 8.78 Å². The van der Waals surface area contributed by atoms with Gasteiger partial charge >= 0.3 is 0 Å². The Labute approximate surface area is 150 Å². The van der Waals surface area contributed by atoms with Crippen LogP contribution in [0.2, 0.25) is 0 Å². The molecule has 0 amide bonds. The lowest BCUT2D eigenvalue weighted by Gasteiger charge is -2.32. The van der Waals surface area contributed by atoms with Gasteiger partial charge in [-0.3, -0.25) is 4.90 Å². The number of fused-ring (bicyclic) bond motifs is 1. The molecule has 0 spiro atoms. The molecule has 1 saturated carbocycles. The van der Waals surface area contributed by atoms with Crippen molar-refractivity contribution >= 4 is 0 Å². The number of nitrogens with zero attached hydrogens (tertiary/aromatic N) is 2. The monoisotopic (exact) mass is 348 g/mol. The number of likely N-dealkylation sites (tertiary alicyclic amines) is 2. The summed E-state index contributed by atoms with van der Waals surface area (Å²) >= 11 is 0. The molecule has 0 aromatic heterocycles. The zero-order chi connectivity index (χ0) is 17.6. The zero-order valence-corrected chi connectivity index (χ0v) is 15.4. The highest BCUT2D eigenvalue weighted by Gasteiger charge is 2.47. The summed E-state index contributed by atoms with van der Waals surface area (Å²) in [5.41, 5.74) is 2.85. The van der Waals surface area contributed by atoms with Gasteiger partial charge in [-0.05, 0) is 55.7 Å². The van der Waals surface area contributed by atoms with Crippen LogP contribution in [-0.4, -0.2) is 48.9 Å². The van der Waals surface area contributed by atoms with Crippen LogP contribution in [0.15, 0.2) is 24.3 Å². The first-order valence-electron chi connectivity index (χ1n) is 9.79. The minimum absolute atomic E-state index is 0.0902. The predicted octanol–water partition coefficient (Wildman–Crippen LogP) is 4.36. The standard InChI is InChI=1S/C21H30F2N2/c1-15-5-3-4-6-18(15)20-19-14-25(13-17(19)12-24(20)2)11-16-7-9-21(22,23)10-8-16/h3-6,16-17,19-20H,7-14H2,1-2H3/t17-,19+,20-/m0/s1. The van der Waals surface area contributed by atoms with Gasteiger partial charge in [0.2, 0.25) is 5.92 Å². The predicted molar refractivity (Wildman–Crippen MR) is 96.9 cm³/mol. The summed E-state index contributed by atoms with van der Waals surface area (Å²) < 4.78 is 26.8. The van der Waals surface area contributed by atoms with Gasteiger partial charge in [0.05, 0.1) is 0 Å². The van der Waals surface area contributed by atoms with Crippen LogP contribution >= 0.6 is 0 Å². The number of alkyl halides is 2. The third kappa shape index (κ3) is 3.48. The molecule has 25 heavy (non-hydrogen) atoms. The van der Waals surface area contributed by atoms with E-state index in [2.05, 4.69) is 48.0 Å². The normalized spacial score (nSPS) is 33.7. The Kier molecular flexibility index (Phi) is 4.61. The largest absolute Gasteiger partial charge is 0.302 e. The average molecular weight is 348 g/mol. The Morgan fingerprint density at radius 3 is 2.52 bits per heavy atom. The van der Waals surface area contributed by atoms with Crippen molar-refractivity contribution in [2.45, 2.75) is 44.6 Å². The Bertz CT molecular complexity index is 608. The second kappa shape index (κ2) is 6.62. The Balaban J connectivity index is 1.41. The summed E-state index contributed by atoms with van der Waals surface area (Å²) in [5.74, 6) is -0.541. The summed E-state index contributed by atoms with van der Waals surface area (Å²) in [4.78, 5) is 5.10. The summed E-state index contributed by atoms with van der Waals surface area (Å²) in [5, 5.41) is 0. The van der Waals surface area contributed by atoms with Crippen molar-refractivity contribution in [1.29, 1.82) is 0 Å². The third-order valence-corrected chi connectivity index (χ3v) is 6.83. The molecule has 1 aromatic rings. The Hall–Kier alpha value is -1.00. The Morgan fingerprint density at radius 2 is 1.80 bits per heavy atom. The summed E-state index contributed by atoms with van der Waals surface area (Å²) in [6, 6.07) is 9.27. The van der Waals surface area contributed by atoms with Gasteiger partial charge in [0.25, 0.3) is 0 Å². The molecule has 2 nitrogen and oxygen atoms in total. The molecule has 0 bridgehead atoms. The first-order chi connectivity index (χ1) is 11.9. The molecule has 2 aliphatic heterocycles. The van der Waals surface area contributed by atoms with E-state index in [4.69, 9.17) is 0 Å². The lowest BCUT2D eigenvalue weighted by molar-refractivity contribution is -0.0485. The van der Waals surface area contributed by atoms with Crippen molar-refractivity contribution in [1.82, 2.24) is 9.80 Å². The van der Waals surface area contributed by atoms with Gasteiger partial charge in [-0.2, -0.15) is 0 Å². The number of hydrogen-bond acceptors (Lipinski definition) is 2. The van der Waals surface area contributed by atoms with Gasteiger partial charge in [0.15, 0.2) is 0 Å². The summed E-state index contributed by atoms with van der Waals surface area (Å²) in [7, 11) is 2.25. The minimum Gasteiger partial charge on any atom is -0.302 e. The molecule has 1 aromatic carbocycles. The van der Waals surface area contributed by atoms with Gasteiger partial charge in [-0.1, -0.05) is 24.3 Å². The van der Waals surface area contributed by atoms with E-state index in [9.17, 15) is 8.78 Å². The molecule has 0 N–H and O–H groups in total. The fourth-order valence-corrected chi connectivity index (χ4v) is 5.53. The van der Waals surface area contributed by atoms with E-state index in [1.54, 1.807) is 0 Å². The highest BCUT2D eigenvalue weighted by molar-refractivity contribution is 5.31. The number of aryl methyl sites for hydroxylation is 1. The zero-order valence-electron chi connectivity index (χ0n) is 15.4. The third-order valence-electron chi connectivity index (χ3n) is 6.83. The Morgan fingerprint density at radius 1 is 1.08 bits per heavy atom. The molecule has 4 rings (SSSR count). The maximum Gasteiger partial charge on any atom is 0.248 e. The van der Waals surface area contributed by atoms with Gasteiger partial charge < -0.3 is 4.90 Å². The van der Waals surface area contributed by atoms with Crippen LogP contribution in [0.25, 0.3) is 0 Å². The first-order valence-corrected chi connectivity index (χ1v) is 9.79. The molecular formula is C21H30F2N2. The van der Waals surface area contributed by atoms with Crippen LogP contribution in [0.3, 0.4) is 0 Å². The van der Waals surface area contributed by atoms with Crippen LogP contribution < -0.4 is 0 Å². The van der Waals surface area contributed by atoms with E-state index >= 15 is 0 Å². The fourth-order valence-electron chi connectivity index (χ4n) is 5.53. The van der Waals surface area contributed by atoms with Crippen LogP contribution in [0.5, 0.6) is 0 Å². The van der Waals surface area contributed by atoms with Crippen molar-refractivity contribution in [3.05, 3.63) is 35.4 Å². The van der Waals surface area contributed by atoms with Crippen LogP contribution in [0.1, 0.15) is 42.9 Å². The summed E-state index contributed by atoms with van der Waals surface area (Å²) in [6.45, 7) is 6.66. The molecule has 138 valence electrons. The van der Waals surface area contributed by atoms with E-state index in [-0.39, 0.29) is 12.8 Å². The number of rotatable bonds is 3. The molecule has 0 unspecified atom stereocenters.